The zero-order valence-electron chi connectivity index (χ0n) is 13.2. The second-order valence-corrected chi connectivity index (χ2v) is 5.85. The molecule has 0 bridgehead atoms. The highest BCUT2D eigenvalue weighted by Gasteiger charge is 2.10. The van der Waals surface area contributed by atoms with Crippen LogP contribution in [0.5, 0.6) is 5.75 Å². The van der Waals surface area contributed by atoms with Crippen molar-refractivity contribution < 1.29 is 4.74 Å². The van der Waals surface area contributed by atoms with Gasteiger partial charge in [0.05, 0.1) is 7.11 Å². The quantitative estimate of drug-likeness (QED) is 0.878. The van der Waals surface area contributed by atoms with Gasteiger partial charge in [0, 0.05) is 0 Å². The summed E-state index contributed by atoms with van der Waals surface area (Å²) in [7, 11) is 1.69. The largest absolute Gasteiger partial charge is 0.497 e. The van der Waals surface area contributed by atoms with E-state index in [9.17, 15) is 0 Å². The second-order valence-electron chi connectivity index (χ2n) is 5.85. The normalized spacial score (nSPS) is 12.2. The molecule has 0 spiro atoms. The van der Waals surface area contributed by atoms with E-state index in [2.05, 4.69) is 44.2 Å². The summed E-state index contributed by atoms with van der Waals surface area (Å²) in [5, 5.41) is 0. The molecule has 2 aromatic carbocycles. The molecule has 0 amide bonds. The van der Waals surface area contributed by atoms with Crippen LogP contribution in [-0.2, 0) is 12.8 Å². The Hall–Kier alpha value is -1.80. The number of benzene rings is 2. The van der Waals surface area contributed by atoms with E-state index in [4.69, 9.17) is 10.5 Å². The number of hydrogen-bond acceptors (Lipinski definition) is 2. The Labute approximate surface area is 127 Å². The Balaban J connectivity index is 2.05. The molecule has 2 nitrogen and oxygen atoms in total. The van der Waals surface area contributed by atoms with Crippen LogP contribution >= 0.6 is 0 Å². The van der Waals surface area contributed by atoms with Crippen LogP contribution in [-0.4, -0.2) is 13.7 Å². The van der Waals surface area contributed by atoms with E-state index in [0.29, 0.717) is 12.5 Å². The van der Waals surface area contributed by atoms with Crippen LogP contribution in [0.1, 0.15) is 22.3 Å². The van der Waals surface area contributed by atoms with Crippen LogP contribution in [0.25, 0.3) is 0 Å². The number of hydrogen-bond donors (Lipinski definition) is 1. The van der Waals surface area contributed by atoms with Gasteiger partial charge in [-0.3, -0.25) is 0 Å². The summed E-state index contributed by atoms with van der Waals surface area (Å²) in [5.41, 5.74) is 11.3. The highest BCUT2D eigenvalue weighted by atomic mass is 16.5. The lowest BCUT2D eigenvalue weighted by Crippen LogP contribution is -2.19. The van der Waals surface area contributed by atoms with Gasteiger partial charge in [0.2, 0.25) is 0 Å². The fourth-order valence-electron chi connectivity index (χ4n) is 2.85. The molecule has 0 fully saturated rings. The molecule has 1 atom stereocenters. The topological polar surface area (TPSA) is 35.2 Å². The van der Waals surface area contributed by atoms with Gasteiger partial charge in [0.15, 0.2) is 0 Å². The predicted octanol–water partition coefficient (Wildman–Crippen LogP) is 3.67. The van der Waals surface area contributed by atoms with Gasteiger partial charge in [0.25, 0.3) is 0 Å². The van der Waals surface area contributed by atoms with Crippen LogP contribution in [0.4, 0.5) is 0 Å². The Bertz CT molecular complexity index is 554. The summed E-state index contributed by atoms with van der Waals surface area (Å²) in [6.07, 6.45) is 2.04. The van der Waals surface area contributed by atoms with Crippen molar-refractivity contribution >= 4 is 0 Å². The van der Waals surface area contributed by atoms with E-state index >= 15 is 0 Å². The summed E-state index contributed by atoms with van der Waals surface area (Å²) < 4.78 is 5.20. The smallest absolute Gasteiger partial charge is 0.118 e. The second kappa shape index (κ2) is 7.28. The molecule has 0 aliphatic carbocycles. The zero-order chi connectivity index (χ0) is 15.2. The number of methoxy groups -OCH3 is 1. The minimum Gasteiger partial charge on any atom is -0.497 e. The lowest BCUT2D eigenvalue weighted by Gasteiger charge is -2.16. The first kappa shape index (κ1) is 15.6. The molecule has 0 saturated heterocycles. The van der Waals surface area contributed by atoms with Gasteiger partial charge in [-0.1, -0.05) is 41.5 Å². The fourth-order valence-corrected chi connectivity index (χ4v) is 2.85. The molecule has 2 aromatic rings. The minimum absolute atomic E-state index is 0.472. The van der Waals surface area contributed by atoms with Crippen LogP contribution in [0.3, 0.4) is 0 Å². The van der Waals surface area contributed by atoms with Gasteiger partial charge in [-0.05, 0) is 62.4 Å². The highest BCUT2D eigenvalue weighted by Crippen LogP contribution is 2.18. The van der Waals surface area contributed by atoms with Gasteiger partial charge in [0.1, 0.15) is 5.75 Å². The van der Waals surface area contributed by atoms with E-state index < -0.39 is 0 Å². The Morgan fingerprint density at radius 2 is 1.48 bits per heavy atom. The average Bonchev–Trinajstić information content (AvgIpc) is 2.46. The molecule has 0 aliphatic rings. The van der Waals surface area contributed by atoms with Crippen molar-refractivity contribution in [1.29, 1.82) is 0 Å². The zero-order valence-corrected chi connectivity index (χ0v) is 13.2. The summed E-state index contributed by atoms with van der Waals surface area (Å²) in [5.74, 6) is 1.37. The third-order valence-corrected chi connectivity index (χ3v) is 3.82. The van der Waals surface area contributed by atoms with E-state index in [1.165, 1.54) is 22.3 Å². The maximum Gasteiger partial charge on any atom is 0.118 e. The van der Waals surface area contributed by atoms with Gasteiger partial charge < -0.3 is 10.5 Å². The van der Waals surface area contributed by atoms with Crippen molar-refractivity contribution in [1.82, 2.24) is 0 Å². The number of nitrogens with two attached hydrogens (primary N) is 1. The maximum atomic E-state index is 5.98. The summed E-state index contributed by atoms with van der Waals surface area (Å²) in [4.78, 5) is 0. The van der Waals surface area contributed by atoms with Crippen molar-refractivity contribution in [2.24, 2.45) is 11.7 Å². The molecule has 2 N–H and O–H groups in total. The van der Waals surface area contributed by atoms with Gasteiger partial charge >= 0.3 is 0 Å². The molecule has 0 radical (unpaired) electrons. The lowest BCUT2D eigenvalue weighted by atomic mass is 9.91. The molecule has 0 aromatic heterocycles. The molecular weight excluding hydrogens is 258 g/mol. The van der Waals surface area contributed by atoms with E-state index in [0.717, 1.165) is 18.6 Å². The number of rotatable bonds is 6. The van der Waals surface area contributed by atoms with E-state index in [-0.39, 0.29) is 0 Å². The van der Waals surface area contributed by atoms with Crippen LogP contribution < -0.4 is 10.5 Å². The number of ether oxygens (including phenoxy) is 1. The average molecular weight is 283 g/mol. The Morgan fingerprint density at radius 3 is 2.00 bits per heavy atom. The van der Waals surface area contributed by atoms with Crippen molar-refractivity contribution in [3.05, 3.63) is 64.7 Å². The Morgan fingerprint density at radius 1 is 0.905 bits per heavy atom. The summed E-state index contributed by atoms with van der Waals surface area (Å²) >= 11 is 0. The molecule has 0 aliphatic heterocycles. The first-order chi connectivity index (χ1) is 10.1. The maximum absolute atomic E-state index is 5.98. The molecule has 0 saturated carbocycles. The summed E-state index contributed by atoms with van der Waals surface area (Å²) in [6, 6.07) is 15.0. The van der Waals surface area contributed by atoms with Crippen LogP contribution in [0.2, 0.25) is 0 Å². The predicted molar refractivity (Wildman–Crippen MR) is 88.9 cm³/mol. The van der Waals surface area contributed by atoms with Crippen molar-refractivity contribution in [3.63, 3.8) is 0 Å². The SMILES string of the molecule is COc1ccc(CC(CN)Cc2cc(C)cc(C)c2)cc1. The first-order valence-corrected chi connectivity index (χ1v) is 7.51. The molecule has 2 rings (SSSR count). The van der Waals surface area contributed by atoms with Crippen molar-refractivity contribution in [2.45, 2.75) is 26.7 Å². The van der Waals surface area contributed by atoms with E-state index in [1.807, 2.05) is 12.1 Å². The fraction of sp³-hybridized carbons (Fsp3) is 0.368. The Kier molecular flexibility index (Phi) is 5.40. The van der Waals surface area contributed by atoms with Crippen molar-refractivity contribution in [2.75, 3.05) is 13.7 Å². The van der Waals surface area contributed by atoms with Gasteiger partial charge in [-0.2, -0.15) is 0 Å². The molecule has 112 valence electrons. The molecule has 21 heavy (non-hydrogen) atoms. The summed E-state index contributed by atoms with van der Waals surface area (Å²) in [6.45, 7) is 5.01. The first-order valence-electron chi connectivity index (χ1n) is 7.51. The standard InChI is InChI=1S/C19H25NO/c1-14-8-15(2)10-17(9-14)12-18(13-20)11-16-4-6-19(21-3)7-5-16/h4-10,18H,11-13,20H2,1-3H3. The highest BCUT2D eigenvalue weighted by molar-refractivity contribution is 5.30. The third-order valence-electron chi connectivity index (χ3n) is 3.82. The molecule has 2 heteroatoms. The molecule has 0 heterocycles. The van der Waals surface area contributed by atoms with Crippen LogP contribution in [0.15, 0.2) is 42.5 Å². The lowest BCUT2D eigenvalue weighted by molar-refractivity contribution is 0.414. The molecule has 1 unspecified atom stereocenters. The number of aryl methyl sites for hydroxylation is 2. The van der Waals surface area contributed by atoms with Crippen molar-refractivity contribution in [3.8, 4) is 5.75 Å². The van der Waals surface area contributed by atoms with E-state index in [1.54, 1.807) is 7.11 Å². The molecular formula is C19H25NO. The van der Waals surface area contributed by atoms with Gasteiger partial charge in [-0.25, -0.2) is 0 Å². The monoisotopic (exact) mass is 283 g/mol. The third kappa shape index (κ3) is 4.61. The van der Waals surface area contributed by atoms with Gasteiger partial charge in [-0.15, -0.1) is 0 Å². The van der Waals surface area contributed by atoms with Crippen LogP contribution in [0, 0.1) is 19.8 Å². The minimum atomic E-state index is 0.472.